The van der Waals surface area contributed by atoms with Gasteiger partial charge in [-0.15, -0.1) is 10.2 Å². The molecule has 8 nitrogen and oxygen atoms in total. The van der Waals surface area contributed by atoms with E-state index in [-0.39, 0.29) is 17.9 Å². The van der Waals surface area contributed by atoms with E-state index in [2.05, 4.69) is 46.0 Å². The van der Waals surface area contributed by atoms with Crippen LogP contribution in [0.1, 0.15) is 39.1 Å². The van der Waals surface area contributed by atoms with E-state index in [0.29, 0.717) is 22.7 Å². The SMILES string of the molecule is CC[C@@H]1c2nncn2-c2cnc(-c3cnoc3-c3ccc(F)cc3)nc2N1C(C)C. The molecule has 1 aliphatic rings. The highest BCUT2D eigenvalue weighted by Crippen LogP contribution is 2.40. The standard InChI is InChI=1S/C21H20FN7O/c1-4-16-21-27-24-11-28(21)17-10-23-19(26-20(17)29(16)12(2)3)15-9-25-30-18(15)13-5-7-14(22)8-6-13/h5-12,16H,4H2,1-3H3/t16-/m1/s1. The molecule has 1 aliphatic heterocycles. The van der Waals surface area contributed by atoms with Gasteiger partial charge in [-0.2, -0.15) is 0 Å². The molecular formula is C21H20FN7O. The zero-order chi connectivity index (χ0) is 20.8. The van der Waals surface area contributed by atoms with Crippen LogP contribution in [-0.2, 0) is 0 Å². The molecular weight excluding hydrogens is 385 g/mol. The van der Waals surface area contributed by atoms with Gasteiger partial charge in [0.15, 0.2) is 23.2 Å². The topological polar surface area (TPSA) is 85.8 Å². The summed E-state index contributed by atoms with van der Waals surface area (Å²) in [6.07, 6.45) is 5.92. The quantitative estimate of drug-likeness (QED) is 0.503. The van der Waals surface area contributed by atoms with Crippen molar-refractivity contribution in [1.29, 1.82) is 0 Å². The van der Waals surface area contributed by atoms with E-state index in [1.807, 2.05) is 4.57 Å². The fourth-order valence-electron chi connectivity index (χ4n) is 3.98. The van der Waals surface area contributed by atoms with Gasteiger partial charge in [-0.25, -0.2) is 14.4 Å². The van der Waals surface area contributed by atoms with Crippen LogP contribution in [0, 0.1) is 5.82 Å². The molecule has 0 radical (unpaired) electrons. The first kappa shape index (κ1) is 18.4. The van der Waals surface area contributed by atoms with Crippen molar-refractivity contribution in [2.45, 2.75) is 39.3 Å². The molecule has 0 unspecified atom stereocenters. The molecule has 0 amide bonds. The van der Waals surface area contributed by atoms with Crippen LogP contribution in [0.3, 0.4) is 0 Å². The van der Waals surface area contributed by atoms with E-state index < -0.39 is 0 Å². The Balaban J connectivity index is 1.66. The number of aromatic nitrogens is 6. The molecule has 1 aromatic carbocycles. The largest absolute Gasteiger partial charge is 0.356 e. The second-order valence-electron chi connectivity index (χ2n) is 7.46. The molecule has 0 fully saturated rings. The normalized spacial score (nSPS) is 15.4. The van der Waals surface area contributed by atoms with E-state index in [0.717, 1.165) is 23.8 Å². The highest BCUT2D eigenvalue weighted by Gasteiger charge is 2.35. The van der Waals surface area contributed by atoms with Crippen LogP contribution in [0.5, 0.6) is 0 Å². The molecule has 4 heterocycles. The average Bonchev–Trinajstić information content (AvgIpc) is 3.42. The summed E-state index contributed by atoms with van der Waals surface area (Å²) in [5.74, 6) is 2.37. The van der Waals surface area contributed by atoms with Gasteiger partial charge >= 0.3 is 0 Å². The van der Waals surface area contributed by atoms with Gasteiger partial charge in [-0.3, -0.25) is 4.57 Å². The lowest BCUT2D eigenvalue weighted by Crippen LogP contribution is -2.40. The van der Waals surface area contributed by atoms with Gasteiger partial charge in [-0.05, 0) is 44.5 Å². The Kier molecular flexibility index (Phi) is 4.30. The number of hydrogen-bond donors (Lipinski definition) is 0. The maximum Gasteiger partial charge on any atom is 0.177 e. The van der Waals surface area contributed by atoms with Crippen LogP contribution in [0.4, 0.5) is 10.2 Å². The fourth-order valence-corrected chi connectivity index (χ4v) is 3.98. The molecule has 1 atom stereocenters. The monoisotopic (exact) mass is 405 g/mol. The smallest absolute Gasteiger partial charge is 0.177 e. The predicted octanol–water partition coefficient (Wildman–Crippen LogP) is 4.20. The van der Waals surface area contributed by atoms with Crippen LogP contribution >= 0.6 is 0 Å². The third-order valence-electron chi connectivity index (χ3n) is 5.32. The van der Waals surface area contributed by atoms with Crippen LogP contribution in [0.25, 0.3) is 28.4 Å². The van der Waals surface area contributed by atoms with Crippen LogP contribution < -0.4 is 4.90 Å². The van der Waals surface area contributed by atoms with Crippen molar-refractivity contribution in [3.63, 3.8) is 0 Å². The second kappa shape index (κ2) is 7.01. The van der Waals surface area contributed by atoms with Gasteiger partial charge in [-0.1, -0.05) is 12.1 Å². The van der Waals surface area contributed by atoms with E-state index in [9.17, 15) is 4.39 Å². The van der Waals surface area contributed by atoms with Gasteiger partial charge in [0.05, 0.1) is 24.0 Å². The van der Waals surface area contributed by atoms with Crippen molar-refractivity contribution < 1.29 is 8.91 Å². The lowest BCUT2D eigenvalue weighted by Gasteiger charge is -2.39. The summed E-state index contributed by atoms with van der Waals surface area (Å²) in [7, 11) is 0. The molecule has 0 saturated carbocycles. The molecule has 5 rings (SSSR count). The lowest BCUT2D eigenvalue weighted by molar-refractivity contribution is 0.432. The molecule has 30 heavy (non-hydrogen) atoms. The van der Waals surface area contributed by atoms with E-state index in [1.165, 1.54) is 12.1 Å². The Morgan fingerprint density at radius 1 is 1.17 bits per heavy atom. The Hall–Kier alpha value is -3.62. The molecule has 9 heteroatoms. The maximum absolute atomic E-state index is 13.3. The van der Waals surface area contributed by atoms with Crippen molar-refractivity contribution in [1.82, 2.24) is 29.9 Å². The number of rotatable bonds is 4. The number of anilines is 1. The first-order valence-corrected chi connectivity index (χ1v) is 9.85. The Bertz CT molecular complexity index is 1200. The van der Waals surface area contributed by atoms with E-state index in [1.54, 1.807) is 30.9 Å². The predicted molar refractivity (Wildman–Crippen MR) is 108 cm³/mol. The number of nitrogens with zero attached hydrogens (tertiary/aromatic N) is 7. The number of hydrogen-bond acceptors (Lipinski definition) is 7. The number of halogens is 1. The third kappa shape index (κ3) is 2.77. The van der Waals surface area contributed by atoms with Crippen molar-refractivity contribution in [2.24, 2.45) is 0 Å². The van der Waals surface area contributed by atoms with Gasteiger partial charge < -0.3 is 9.42 Å². The zero-order valence-corrected chi connectivity index (χ0v) is 16.8. The van der Waals surface area contributed by atoms with Gasteiger partial charge in [0.25, 0.3) is 0 Å². The van der Waals surface area contributed by atoms with E-state index >= 15 is 0 Å². The van der Waals surface area contributed by atoms with Crippen LogP contribution in [0.15, 0.2) is 47.5 Å². The molecule has 0 spiro atoms. The lowest BCUT2D eigenvalue weighted by atomic mass is 10.1. The molecule has 4 aromatic rings. The minimum absolute atomic E-state index is 0.0572. The number of benzene rings is 1. The average molecular weight is 405 g/mol. The Morgan fingerprint density at radius 2 is 1.97 bits per heavy atom. The van der Waals surface area contributed by atoms with Crippen molar-refractivity contribution in [3.8, 4) is 28.4 Å². The summed E-state index contributed by atoms with van der Waals surface area (Å²) in [6, 6.07) is 6.32. The molecule has 152 valence electrons. The third-order valence-corrected chi connectivity index (χ3v) is 5.32. The molecule has 0 aliphatic carbocycles. The second-order valence-corrected chi connectivity index (χ2v) is 7.46. The summed E-state index contributed by atoms with van der Waals surface area (Å²) >= 11 is 0. The minimum Gasteiger partial charge on any atom is -0.356 e. The first-order chi connectivity index (χ1) is 14.6. The van der Waals surface area contributed by atoms with E-state index in [4.69, 9.17) is 9.51 Å². The van der Waals surface area contributed by atoms with Crippen LogP contribution in [-0.4, -0.2) is 35.9 Å². The highest BCUT2D eigenvalue weighted by atomic mass is 19.1. The number of fused-ring (bicyclic) bond motifs is 3. The van der Waals surface area contributed by atoms with Crippen molar-refractivity contribution >= 4 is 5.82 Å². The maximum atomic E-state index is 13.3. The molecule has 0 saturated heterocycles. The van der Waals surface area contributed by atoms with Crippen molar-refractivity contribution in [3.05, 3.63) is 54.6 Å². The van der Waals surface area contributed by atoms with Gasteiger partial charge in [0.1, 0.15) is 17.8 Å². The summed E-state index contributed by atoms with van der Waals surface area (Å²) in [6.45, 7) is 6.38. The summed E-state index contributed by atoms with van der Waals surface area (Å²) in [4.78, 5) is 11.7. The summed E-state index contributed by atoms with van der Waals surface area (Å²) in [5.41, 5.74) is 2.19. The Morgan fingerprint density at radius 3 is 2.70 bits per heavy atom. The summed E-state index contributed by atoms with van der Waals surface area (Å²) < 4.78 is 20.7. The minimum atomic E-state index is -0.312. The summed E-state index contributed by atoms with van der Waals surface area (Å²) in [5, 5.41) is 12.4. The van der Waals surface area contributed by atoms with Gasteiger partial charge in [0.2, 0.25) is 0 Å². The Labute approximate surface area is 172 Å². The first-order valence-electron chi connectivity index (χ1n) is 9.85. The molecule has 0 bridgehead atoms. The van der Waals surface area contributed by atoms with Crippen LogP contribution in [0.2, 0.25) is 0 Å². The van der Waals surface area contributed by atoms with Crippen molar-refractivity contribution in [2.75, 3.05) is 4.90 Å². The zero-order valence-electron chi connectivity index (χ0n) is 16.8. The molecule has 3 aromatic heterocycles. The fraction of sp³-hybridized carbons (Fsp3) is 0.286. The molecule has 0 N–H and O–H groups in total. The van der Waals surface area contributed by atoms with Gasteiger partial charge in [0, 0.05) is 11.6 Å². The highest BCUT2D eigenvalue weighted by molar-refractivity contribution is 5.77.